The first-order chi connectivity index (χ1) is 13.7. The first-order valence-corrected chi connectivity index (χ1v) is 10.9. The van der Waals surface area contributed by atoms with Crippen molar-refractivity contribution in [3.63, 3.8) is 0 Å². The minimum Gasteiger partial charge on any atom is -0.370 e. The summed E-state index contributed by atoms with van der Waals surface area (Å²) in [5, 5.41) is 6.43. The minimum atomic E-state index is -0.0929. The highest BCUT2D eigenvalue weighted by Gasteiger charge is 2.32. The van der Waals surface area contributed by atoms with Crippen LogP contribution in [0.25, 0.3) is 11.1 Å². The number of fused-ring (bicyclic) bond motifs is 1. The lowest BCUT2D eigenvalue weighted by atomic mass is 10.1. The summed E-state index contributed by atoms with van der Waals surface area (Å²) in [5.41, 5.74) is 3.02. The van der Waals surface area contributed by atoms with Gasteiger partial charge in [-0.05, 0) is 43.4 Å². The Bertz CT molecular complexity index is 863. The van der Waals surface area contributed by atoms with Gasteiger partial charge in [0.1, 0.15) is 6.61 Å². The molecule has 1 aliphatic heterocycles. The van der Waals surface area contributed by atoms with E-state index in [0.29, 0.717) is 12.7 Å². The lowest BCUT2D eigenvalue weighted by Crippen LogP contribution is -2.36. The summed E-state index contributed by atoms with van der Waals surface area (Å²) in [6.45, 7) is 0.483. The van der Waals surface area contributed by atoms with E-state index in [0.717, 1.165) is 53.2 Å². The van der Waals surface area contributed by atoms with Crippen molar-refractivity contribution in [2.24, 2.45) is 5.92 Å². The molecule has 0 radical (unpaired) electrons. The van der Waals surface area contributed by atoms with E-state index in [9.17, 15) is 4.79 Å². The van der Waals surface area contributed by atoms with Crippen molar-refractivity contribution in [2.75, 3.05) is 5.32 Å². The fraction of sp³-hybridized carbons (Fsp3) is 0.476. The molecule has 1 unspecified atom stereocenters. The van der Waals surface area contributed by atoms with Crippen molar-refractivity contribution in [2.45, 2.75) is 61.6 Å². The van der Waals surface area contributed by atoms with Crippen LogP contribution in [0.5, 0.6) is 0 Å². The summed E-state index contributed by atoms with van der Waals surface area (Å²) in [7, 11) is 0. The molecule has 1 amide bonds. The number of nitrogens with one attached hydrogen (secondary N) is 2. The number of nitrogens with zero attached hydrogens (tertiary/aromatic N) is 2. The molecular weight excluding hydrogens is 372 g/mol. The van der Waals surface area contributed by atoms with Crippen LogP contribution in [0.2, 0.25) is 0 Å². The van der Waals surface area contributed by atoms with Gasteiger partial charge >= 0.3 is 0 Å². The standard InChI is InChI=1S/C21H24N4O2S/c26-20(13-5-6-13)25-21-24-17-8-7-14(9-18(17)28-21)15-10-22-19(23-11-15)12-27-16-3-1-2-4-16/h7-11,13,16,21,24H,1-6,12H2,(H,25,26). The van der Waals surface area contributed by atoms with Gasteiger partial charge in [-0.2, -0.15) is 0 Å². The molecule has 3 aliphatic rings. The molecule has 7 heteroatoms. The third-order valence-electron chi connectivity index (χ3n) is 5.52. The Morgan fingerprint density at radius 2 is 1.93 bits per heavy atom. The molecule has 2 aliphatic carbocycles. The zero-order valence-electron chi connectivity index (χ0n) is 15.7. The maximum Gasteiger partial charge on any atom is 0.225 e. The molecule has 1 atom stereocenters. The number of anilines is 1. The third kappa shape index (κ3) is 4.00. The molecule has 1 aromatic heterocycles. The maximum atomic E-state index is 12.0. The minimum absolute atomic E-state index is 0.0929. The molecule has 0 saturated heterocycles. The van der Waals surface area contributed by atoms with Crippen LogP contribution in [0.15, 0.2) is 35.5 Å². The van der Waals surface area contributed by atoms with E-state index in [2.05, 4.69) is 38.8 Å². The topological polar surface area (TPSA) is 76.1 Å². The number of hydrogen-bond acceptors (Lipinski definition) is 6. The number of benzene rings is 1. The van der Waals surface area contributed by atoms with E-state index in [1.54, 1.807) is 11.8 Å². The highest BCUT2D eigenvalue weighted by molar-refractivity contribution is 8.00. The fourth-order valence-electron chi connectivity index (χ4n) is 3.70. The molecule has 28 heavy (non-hydrogen) atoms. The summed E-state index contributed by atoms with van der Waals surface area (Å²) >= 11 is 1.64. The summed E-state index contributed by atoms with van der Waals surface area (Å²) in [5.74, 6) is 1.10. The Hall–Kier alpha value is -2.12. The number of hydrogen-bond donors (Lipinski definition) is 2. The predicted octanol–water partition coefficient (Wildman–Crippen LogP) is 3.93. The quantitative estimate of drug-likeness (QED) is 0.770. The highest BCUT2D eigenvalue weighted by atomic mass is 32.2. The van der Waals surface area contributed by atoms with E-state index in [-0.39, 0.29) is 17.3 Å². The molecule has 2 heterocycles. The monoisotopic (exact) mass is 396 g/mol. The number of thioether (sulfide) groups is 1. The Labute approximate surface area is 168 Å². The van der Waals surface area contributed by atoms with Crippen LogP contribution in [-0.2, 0) is 16.1 Å². The Kier molecular flexibility index (Phi) is 4.94. The van der Waals surface area contributed by atoms with Crippen LogP contribution in [0.1, 0.15) is 44.3 Å². The zero-order chi connectivity index (χ0) is 18.9. The van der Waals surface area contributed by atoms with Crippen LogP contribution in [0, 0.1) is 5.92 Å². The van der Waals surface area contributed by atoms with Crippen LogP contribution in [-0.4, -0.2) is 27.5 Å². The van der Waals surface area contributed by atoms with Crippen LogP contribution in [0.3, 0.4) is 0 Å². The van der Waals surface area contributed by atoms with E-state index in [1.807, 2.05) is 12.4 Å². The summed E-state index contributed by atoms with van der Waals surface area (Å²) in [6, 6.07) is 6.24. The van der Waals surface area contributed by atoms with Gasteiger partial charge in [-0.1, -0.05) is 30.7 Å². The molecule has 146 valence electrons. The number of ether oxygens (including phenoxy) is 1. The van der Waals surface area contributed by atoms with Crippen molar-refractivity contribution in [3.8, 4) is 11.1 Å². The van der Waals surface area contributed by atoms with Gasteiger partial charge in [-0.3, -0.25) is 4.79 Å². The number of carbonyl (C=O) groups is 1. The van der Waals surface area contributed by atoms with E-state index >= 15 is 0 Å². The van der Waals surface area contributed by atoms with E-state index in [1.165, 1.54) is 12.8 Å². The van der Waals surface area contributed by atoms with Crippen LogP contribution >= 0.6 is 11.8 Å². The van der Waals surface area contributed by atoms with Gasteiger partial charge in [-0.15, -0.1) is 0 Å². The second-order valence-electron chi connectivity index (χ2n) is 7.74. The maximum absolute atomic E-state index is 12.0. The fourth-order valence-corrected chi connectivity index (χ4v) is 4.76. The Morgan fingerprint density at radius 3 is 2.68 bits per heavy atom. The largest absolute Gasteiger partial charge is 0.370 e. The molecule has 0 bridgehead atoms. The van der Waals surface area contributed by atoms with Gasteiger partial charge in [-0.25, -0.2) is 9.97 Å². The molecule has 2 aromatic rings. The lowest BCUT2D eigenvalue weighted by molar-refractivity contribution is -0.122. The summed E-state index contributed by atoms with van der Waals surface area (Å²) < 4.78 is 5.89. The van der Waals surface area contributed by atoms with Gasteiger partial charge in [0, 0.05) is 28.8 Å². The summed E-state index contributed by atoms with van der Waals surface area (Å²) in [6.07, 6.45) is 11.0. The molecule has 2 N–H and O–H groups in total. The average molecular weight is 397 g/mol. The average Bonchev–Trinajstić information content (AvgIpc) is 3.29. The number of rotatable bonds is 6. The van der Waals surface area contributed by atoms with Gasteiger partial charge in [0.15, 0.2) is 11.3 Å². The number of aromatic nitrogens is 2. The molecule has 2 saturated carbocycles. The van der Waals surface area contributed by atoms with E-state index in [4.69, 9.17) is 4.74 Å². The van der Waals surface area contributed by atoms with Gasteiger partial charge in [0.05, 0.1) is 11.8 Å². The smallest absolute Gasteiger partial charge is 0.225 e. The second-order valence-corrected chi connectivity index (χ2v) is 8.89. The molecule has 6 nitrogen and oxygen atoms in total. The van der Waals surface area contributed by atoms with Crippen molar-refractivity contribution >= 4 is 23.4 Å². The highest BCUT2D eigenvalue weighted by Crippen LogP contribution is 2.40. The molecule has 0 spiro atoms. The SMILES string of the molecule is O=C(NC1Nc2ccc(-c3cnc(COC4CCCC4)nc3)cc2S1)C1CC1. The van der Waals surface area contributed by atoms with Crippen LogP contribution in [0.4, 0.5) is 5.69 Å². The molecular formula is C21H24N4O2S. The molecule has 2 fully saturated rings. The first-order valence-electron chi connectivity index (χ1n) is 10.0. The first kappa shape index (κ1) is 17.9. The van der Waals surface area contributed by atoms with Gasteiger partial charge < -0.3 is 15.4 Å². The molecule has 5 rings (SSSR count). The van der Waals surface area contributed by atoms with Crippen molar-refractivity contribution in [3.05, 3.63) is 36.4 Å². The van der Waals surface area contributed by atoms with Gasteiger partial charge in [0.25, 0.3) is 0 Å². The molecule has 1 aromatic carbocycles. The second kappa shape index (κ2) is 7.72. The summed E-state index contributed by atoms with van der Waals surface area (Å²) in [4.78, 5) is 22.1. The van der Waals surface area contributed by atoms with Crippen molar-refractivity contribution in [1.82, 2.24) is 15.3 Å². The van der Waals surface area contributed by atoms with Crippen LogP contribution < -0.4 is 10.6 Å². The predicted molar refractivity (Wildman–Crippen MR) is 109 cm³/mol. The zero-order valence-corrected chi connectivity index (χ0v) is 16.5. The van der Waals surface area contributed by atoms with Crippen molar-refractivity contribution in [1.29, 1.82) is 0 Å². The lowest BCUT2D eigenvalue weighted by Gasteiger charge is -2.11. The normalized spacial score (nSPS) is 21.4. The Morgan fingerprint density at radius 1 is 1.14 bits per heavy atom. The third-order valence-corrected chi connectivity index (χ3v) is 6.59. The number of carbonyl (C=O) groups excluding carboxylic acids is 1. The number of amides is 1. The van der Waals surface area contributed by atoms with Gasteiger partial charge in [0.2, 0.25) is 5.91 Å². The Balaban J connectivity index is 1.22. The van der Waals surface area contributed by atoms with Crippen molar-refractivity contribution < 1.29 is 9.53 Å². The van der Waals surface area contributed by atoms with E-state index < -0.39 is 0 Å².